The van der Waals surface area contributed by atoms with Gasteiger partial charge in [0.1, 0.15) is 12.4 Å². The number of carbonyl (C=O) groups excluding carboxylic acids is 1. The van der Waals surface area contributed by atoms with Gasteiger partial charge in [0, 0.05) is 5.54 Å². The molecule has 0 aliphatic carbocycles. The fourth-order valence-electron chi connectivity index (χ4n) is 0.884. The molecule has 0 bridgehead atoms. The molecule has 0 aliphatic rings. The smallest absolute Gasteiger partial charge is 0.153 e. The Morgan fingerprint density at radius 3 is 2.85 bits per heavy atom. The Hall–Kier alpha value is -1.28. The predicted molar refractivity (Wildman–Crippen MR) is 52.3 cm³/mol. The SMILES string of the molecule is O=Cc1ccccc1OCC=CCl. The minimum absolute atomic E-state index is 0.369. The Morgan fingerprint density at radius 1 is 1.38 bits per heavy atom. The summed E-state index contributed by atoms with van der Waals surface area (Å²) in [5.74, 6) is 0.576. The van der Waals surface area contributed by atoms with Crippen molar-refractivity contribution >= 4 is 17.9 Å². The highest BCUT2D eigenvalue weighted by atomic mass is 35.5. The fraction of sp³-hybridized carbons (Fsp3) is 0.100. The zero-order valence-corrected chi connectivity index (χ0v) is 7.70. The summed E-state index contributed by atoms with van der Waals surface area (Å²) < 4.78 is 5.27. The van der Waals surface area contributed by atoms with Crippen LogP contribution in [0.15, 0.2) is 35.9 Å². The highest BCUT2D eigenvalue weighted by molar-refractivity contribution is 6.25. The summed E-state index contributed by atoms with van der Waals surface area (Å²) in [7, 11) is 0. The van der Waals surface area contributed by atoms with Crippen molar-refractivity contribution in [3.8, 4) is 5.75 Å². The van der Waals surface area contributed by atoms with Crippen molar-refractivity contribution in [2.45, 2.75) is 0 Å². The Morgan fingerprint density at radius 2 is 2.15 bits per heavy atom. The number of aldehydes is 1. The molecule has 13 heavy (non-hydrogen) atoms. The van der Waals surface area contributed by atoms with Crippen LogP contribution in [0.25, 0.3) is 0 Å². The fourth-order valence-corrected chi connectivity index (χ4v) is 0.956. The van der Waals surface area contributed by atoms with Gasteiger partial charge in [0.25, 0.3) is 0 Å². The molecule has 0 spiro atoms. The lowest BCUT2D eigenvalue weighted by Gasteiger charge is -2.04. The van der Waals surface area contributed by atoms with Crippen molar-refractivity contribution in [2.75, 3.05) is 6.61 Å². The van der Waals surface area contributed by atoms with Crippen molar-refractivity contribution in [1.82, 2.24) is 0 Å². The highest BCUT2D eigenvalue weighted by Gasteiger charge is 1.98. The number of rotatable bonds is 4. The van der Waals surface area contributed by atoms with Gasteiger partial charge in [-0.2, -0.15) is 0 Å². The maximum absolute atomic E-state index is 10.5. The van der Waals surface area contributed by atoms with Crippen molar-refractivity contribution in [3.63, 3.8) is 0 Å². The third-order valence-electron chi connectivity index (χ3n) is 1.47. The standard InChI is InChI=1S/C10H9ClO2/c11-6-3-7-13-10-5-2-1-4-9(10)8-12/h1-6,8H,7H2. The van der Waals surface area contributed by atoms with Gasteiger partial charge in [-0.05, 0) is 18.2 Å². The van der Waals surface area contributed by atoms with E-state index < -0.39 is 0 Å². The lowest BCUT2D eigenvalue weighted by atomic mass is 10.2. The molecular formula is C10H9ClO2. The normalized spacial score (nSPS) is 10.2. The molecule has 0 unspecified atom stereocenters. The molecule has 0 radical (unpaired) electrons. The molecule has 0 saturated heterocycles. The van der Waals surface area contributed by atoms with Crippen LogP contribution in [0, 0.1) is 0 Å². The maximum Gasteiger partial charge on any atom is 0.153 e. The number of para-hydroxylation sites is 1. The average Bonchev–Trinajstić information content (AvgIpc) is 2.19. The van der Waals surface area contributed by atoms with Crippen molar-refractivity contribution in [3.05, 3.63) is 41.4 Å². The molecule has 68 valence electrons. The van der Waals surface area contributed by atoms with Gasteiger partial charge in [-0.1, -0.05) is 23.7 Å². The molecule has 0 heterocycles. The van der Waals surface area contributed by atoms with E-state index in [-0.39, 0.29) is 0 Å². The second-order valence-electron chi connectivity index (χ2n) is 2.33. The quantitative estimate of drug-likeness (QED) is 0.692. The zero-order valence-electron chi connectivity index (χ0n) is 6.94. The van der Waals surface area contributed by atoms with E-state index in [0.717, 1.165) is 6.29 Å². The van der Waals surface area contributed by atoms with Crippen LogP contribution in [-0.2, 0) is 0 Å². The van der Waals surface area contributed by atoms with Gasteiger partial charge < -0.3 is 4.74 Å². The summed E-state index contributed by atoms with van der Waals surface area (Å²) in [5.41, 5.74) is 1.93. The molecule has 2 nitrogen and oxygen atoms in total. The summed E-state index contributed by atoms with van der Waals surface area (Å²) in [6, 6.07) is 7.04. The Bertz CT molecular complexity index is 308. The van der Waals surface area contributed by atoms with Gasteiger partial charge in [0.2, 0.25) is 0 Å². The van der Waals surface area contributed by atoms with E-state index in [2.05, 4.69) is 0 Å². The number of ether oxygens (including phenoxy) is 1. The van der Waals surface area contributed by atoms with Gasteiger partial charge in [0.15, 0.2) is 6.29 Å². The molecular weight excluding hydrogens is 188 g/mol. The molecule has 0 saturated carbocycles. The van der Waals surface area contributed by atoms with Crippen LogP contribution in [0.3, 0.4) is 0 Å². The summed E-state index contributed by atoms with van der Waals surface area (Å²) >= 11 is 5.31. The van der Waals surface area contributed by atoms with E-state index in [9.17, 15) is 4.79 Å². The zero-order chi connectivity index (χ0) is 9.52. The average molecular weight is 197 g/mol. The number of hydrogen-bond donors (Lipinski definition) is 0. The largest absolute Gasteiger partial charge is 0.489 e. The van der Waals surface area contributed by atoms with Crippen LogP contribution in [0.2, 0.25) is 0 Å². The van der Waals surface area contributed by atoms with E-state index in [1.165, 1.54) is 5.54 Å². The summed E-state index contributed by atoms with van der Waals surface area (Å²) in [6.07, 6.45) is 2.42. The Balaban J connectivity index is 2.69. The molecule has 0 aliphatic heterocycles. The molecule has 0 amide bonds. The van der Waals surface area contributed by atoms with E-state index in [4.69, 9.17) is 16.3 Å². The van der Waals surface area contributed by atoms with E-state index in [0.29, 0.717) is 17.9 Å². The van der Waals surface area contributed by atoms with Crippen LogP contribution in [0.4, 0.5) is 0 Å². The first-order chi connectivity index (χ1) is 6.38. The van der Waals surface area contributed by atoms with Gasteiger partial charge in [-0.3, -0.25) is 4.79 Å². The summed E-state index contributed by atoms with van der Waals surface area (Å²) in [5, 5.41) is 0. The van der Waals surface area contributed by atoms with Crippen LogP contribution in [0.5, 0.6) is 5.75 Å². The topological polar surface area (TPSA) is 26.3 Å². The van der Waals surface area contributed by atoms with Gasteiger partial charge >= 0.3 is 0 Å². The molecule has 0 fully saturated rings. The lowest BCUT2D eigenvalue weighted by molar-refractivity contribution is 0.112. The van der Waals surface area contributed by atoms with Crippen LogP contribution in [-0.4, -0.2) is 12.9 Å². The highest BCUT2D eigenvalue weighted by Crippen LogP contribution is 2.15. The molecule has 1 aromatic carbocycles. The second kappa shape index (κ2) is 5.38. The Labute approximate surface area is 81.8 Å². The summed E-state index contributed by atoms with van der Waals surface area (Å²) in [6.45, 7) is 0.369. The number of hydrogen-bond acceptors (Lipinski definition) is 2. The van der Waals surface area contributed by atoms with Gasteiger partial charge in [0.05, 0.1) is 5.56 Å². The van der Waals surface area contributed by atoms with Crippen molar-refractivity contribution < 1.29 is 9.53 Å². The summed E-state index contributed by atoms with van der Waals surface area (Å²) in [4.78, 5) is 10.5. The van der Waals surface area contributed by atoms with E-state index in [1.807, 2.05) is 6.07 Å². The molecule has 3 heteroatoms. The van der Waals surface area contributed by atoms with Crippen molar-refractivity contribution in [1.29, 1.82) is 0 Å². The molecule has 0 atom stereocenters. The van der Waals surface area contributed by atoms with Crippen LogP contribution >= 0.6 is 11.6 Å². The number of benzene rings is 1. The molecule has 0 aromatic heterocycles. The van der Waals surface area contributed by atoms with Gasteiger partial charge in [-0.15, -0.1) is 0 Å². The third-order valence-corrected chi connectivity index (χ3v) is 1.65. The van der Waals surface area contributed by atoms with Crippen LogP contribution in [0.1, 0.15) is 10.4 Å². The van der Waals surface area contributed by atoms with E-state index >= 15 is 0 Å². The monoisotopic (exact) mass is 196 g/mol. The Kier molecular flexibility index (Phi) is 4.06. The van der Waals surface area contributed by atoms with E-state index in [1.54, 1.807) is 24.3 Å². The maximum atomic E-state index is 10.5. The van der Waals surface area contributed by atoms with Crippen molar-refractivity contribution in [2.24, 2.45) is 0 Å². The second-order valence-corrected chi connectivity index (χ2v) is 2.58. The van der Waals surface area contributed by atoms with Crippen LogP contribution < -0.4 is 4.74 Å². The first-order valence-electron chi connectivity index (χ1n) is 3.80. The molecule has 1 rings (SSSR count). The number of carbonyl (C=O) groups is 1. The first kappa shape index (κ1) is 9.81. The number of halogens is 1. The minimum atomic E-state index is 0.369. The molecule has 1 aromatic rings. The first-order valence-corrected chi connectivity index (χ1v) is 4.24. The predicted octanol–water partition coefficient (Wildman–Crippen LogP) is 2.63. The lowest BCUT2D eigenvalue weighted by Crippen LogP contribution is -1.96. The third kappa shape index (κ3) is 2.92. The van der Waals surface area contributed by atoms with Gasteiger partial charge in [-0.25, -0.2) is 0 Å². The molecule has 0 N–H and O–H groups in total. The minimum Gasteiger partial charge on any atom is -0.489 e.